The van der Waals surface area contributed by atoms with Crippen LogP contribution in [0.2, 0.25) is 0 Å². The summed E-state index contributed by atoms with van der Waals surface area (Å²) in [5.74, 6) is -2.29. The van der Waals surface area contributed by atoms with E-state index in [1.807, 2.05) is 0 Å². The maximum absolute atomic E-state index is 12.5. The van der Waals surface area contributed by atoms with E-state index in [1.165, 1.54) is 0 Å². The molecule has 0 bridgehead atoms. The fourth-order valence-electron chi connectivity index (χ4n) is 2.45. The van der Waals surface area contributed by atoms with Crippen LogP contribution in [0.25, 0.3) is 11.1 Å². The third-order valence-corrected chi connectivity index (χ3v) is 3.92. The molecule has 7 heteroatoms. The molecule has 0 unspecified atom stereocenters. The molecule has 0 saturated heterocycles. The average Bonchev–Trinajstić information content (AvgIpc) is 3.49. The van der Waals surface area contributed by atoms with Gasteiger partial charge in [0.2, 0.25) is 0 Å². The molecule has 1 saturated carbocycles. The van der Waals surface area contributed by atoms with Crippen molar-refractivity contribution in [1.29, 1.82) is 5.26 Å². The second-order valence-corrected chi connectivity index (χ2v) is 5.86. The van der Waals surface area contributed by atoms with Crippen molar-refractivity contribution in [3.05, 3.63) is 59.7 Å². The molecule has 0 aromatic heterocycles. The van der Waals surface area contributed by atoms with Crippen molar-refractivity contribution in [1.82, 2.24) is 16.2 Å². The summed E-state index contributed by atoms with van der Waals surface area (Å²) in [6.07, 6.45) is 1.72. The molecule has 0 aliphatic heterocycles. The summed E-state index contributed by atoms with van der Waals surface area (Å²) in [5, 5.41) is 11.8. The number of hydrogen-bond acceptors (Lipinski definition) is 4. The van der Waals surface area contributed by atoms with Crippen molar-refractivity contribution >= 4 is 17.7 Å². The number of benzene rings is 2. The summed E-state index contributed by atoms with van der Waals surface area (Å²) in [5.41, 5.74) is 6.22. The van der Waals surface area contributed by atoms with E-state index in [1.54, 1.807) is 48.5 Å². The van der Waals surface area contributed by atoms with Crippen molar-refractivity contribution in [3.8, 4) is 17.2 Å². The third-order valence-electron chi connectivity index (χ3n) is 3.92. The van der Waals surface area contributed by atoms with Gasteiger partial charge in [-0.3, -0.25) is 25.2 Å². The van der Waals surface area contributed by atoms with Crippen LogP contribution in [-0.4, -0.2) is 23.8 Å². The van der Waals surface area contributed by atoms with Crippen LogP contribution < -0.4 is 16.2 Å². The number of amides is 3. The highest BCUT2D eigenvalue weighted by molar-refractivity contribution is 6.35. The Balaban J connectivity index is 1.75. The van der Waals surface area contributed by atoms with E-state index in [0.29, 0.717) is 16.7 Å². The van der Waals surface area contributed by atoms with Crippen molar-refractivity contribution < 1.29 is 14.4 Å². The molecule has 1 fully saturated rings. The fourth-order valence-corrected chi connectivity index (χ4v) is 2.45. The van der Waals surface area contributed by atoms with E-state index in [-0.39, 0.29) is 11.6 Å². The molecule has 3 amide bonds. The number of rotatable bonds is 3. The number of nitrogens with zero attached hydrogens (tertiary/aromatic N) is 1. The Morgan fingerprint density at radius 1 is 0.885 bits per heavy atom. The van der Waals surface area contributed by atoms with Crippen LogP contribution in [0.1, 0.15) is 28.8 Å². The molecule has 2 aromatic carbocycles. The quantitative estimate of drug-likeness (QED) is 0.573. The molecule has 0 heterocycles. The number of hydrazine groups is 1. The number of hydrogen-bond donors (Lipinski definition) is 3. The first-order valence-corrected chi connectivity index (χ1v) is 8.10. The van der Waals surface area contributed by atoms with Crippen LogP contribution in [0.5, 0.6) is 0 Å². The van der Waals surface area contributed by atoms with Crippen LogP contribution in [-0.2, 0) is 9.59 Å². The van der Waals surface area contributed by atoms with E-state index >= 15 is 0 Å². The fraction of sp³-hybridized carbons (Fsp3) is 0.158. The van der Waals surface area contributed by atoms with Crippen LogP contribution in [0.15, 0.2) is 48.5 Å². The van der Waals surface area contributed by atoms with Gasteiger partial charge in [0.1, 0.15) is 0 Å². The molecule has 1 aliphatic rings. The van der Waals surface area contributed by atoms with Gasteiger partial charge in [-0.1, -0.05) is 36.4 Å². The van der Waals surface area contributed by atoms with Crippen LogP contribution >= 0.6 is 0 Å². The largest absolute Gasteiger partial charge is 0.345 e. The molecule has 1 aliphatic carbocycles. The number of carbonyl (C=O) groups is 3. The lowest BCUT2D eigenvalue weighted by molar-refractivity contribution is -0.139. The topological polar surface area (TPSA) is 111 Å². The second kappa shape index (κ2) is 7.49. The average molecular weight is 348 g/mol. The lowest BCUT2D eigenvalue weighted by atomic mass is 9.95. The van der Waals surface area contributed by atoms with Crippen molar-refractivity contribution in [2.24, 2.45) is 0 Å². The number of nitrogens with one attached hydrogen (secondary N) is 3. The molecule has 0 atom stereocenters. The maximum Gasteiger partial charge on any atom is 0.327 e. The summed E-state index contributed by atoms with van der Waals surface area (Å²) < 4.78 is 0. The predicted molar refractivity (Wildman–Crippen MR) is 93.4 cm³/mol. The van der Waals surface area contributed by atoms with Gasteiger partial charge in [-0.25, -0.2) is 0 Å². The van der Waals surface area contributed by atoms with Crippen LogP contribution in [0.3, 0.4) is 0 Å². The summed E-state index contributed by atoms with van der Waals surface area (Å²) in [7, 11) is 0. The molecular weight excluding hydrogens is 332 g/mol. The van der Waals surface area contributed by atoms with Crippen LogP contribution in [0, 0.1) is 11.3 Å². The Kier molecular flexibility index (Phi) is 4.94. The van der Waals surface area contributed by atoms with Crippen molar-refractivity contribution in [3.63, 3.8) is 0 Å². The zero-order valence-corrected chi connectivity index (χ0v) is 13.8. The maximum atomic E-state index is 12.5. The van der Waals surface area contributed by atoms with Gasteiger partial charge in [0.05, 0.1) is 11.6 Å². The Hall–Kier alpha value is -3.66. The normalized spacial score (nSPS) is 12.6. The summed E-state index contributed by atoms with van der Waals surface area (Å²) >= 11 is 0. The first-order valence-electron chi connectivity index (χ1n) is 8.10. The van der Waals surface area contributed by atoms with E-state index in [2.05, 4.69) is 22.2 Å². The SMILES string of the molecule is N#Cc1ccccc1-c1ccccc1C(=O)NNC(=O)C(=O)NC1CC1. The van der Waals surface area contributed by atoms with Crippen LogP contribution in [0.4, 0.5) is 0 Å². The van der Waals surface area contributed by atoms with E-state index in [4.69, 9.17) is 0 Å². The molecular formula is C19H16N4O3. The molecule has 130 valence electrons. The van der Waals surface area contributed by atoms with Gasteiger partial charge in [0.15, 0.2) is 0 Å². The van der Waals surface area contributed by atoms with Crippen molar-refractivity contribution in [2.45, 2.75) is 18.9 Å². The zero-order valence-electron chi connectivity index (χ0n) is 13.8. The highest BCUT2D eigenvalue weighted by Crippen LogP contribution is 2.26. The van der Waals surface area contributed by atoms with Gasteiger partial charge in [-0.05, 0) is 30.5 Å². The Morgan fingerprint density at radius 3 is 2.23 bits per heavy atom. The molecule has 3 N–H and O–H groups in total. The lowest BCUT2D eigenvalue weighted by Crippen LogP contribution is -2.49. The minimum atomic E-state index is -0.930. The number of carbonyl (C=O) groups excluding carboxylic acids is 3. The smallest absolute Gasteiger partial charge is 0.327 e. The van der Waals surface area contributed by atoms with E-state index in [0.717, 1.165) is 12.8 Å². The Bertz CT molecular complexity index is 913. The van der Waals surface area contributed by atoms with E-state index in [9.17, 15) is 19.6 Å². The number of nitriles is 1. The highest BCUT2D eigenvalue weighted by Gasteiger charge is 2.26. The molecule has 3 rings (SSSR count). The van der Waals surface area contributed by atoms with Crippen molar-refractivity contribution in [2.75, 3.05) is 0 Å². The standard InChI is InChI=1S/C19H16N4O3/c20-11-12-5-1-2-6-14(12)15-7-3-4-8-16(15)17(24)22-23-19(26)18(25)21-13-9-10-13/h1-8,13H,9-10H2,(H,21,25)(H,22,24)(H,23,26). The first kappa shape index (κ1) is 17.2. The van der Waals surface area contributed by atoms with Gasteiger partial charge in [0.25, 0.3) is 5.91 Å². The zero-order chi connectivity index (χ0) is 18.5. The minimum absolute atomic E-state index is 0.0483. The summed E-state index contributed by atoms with van der Waals surface area (Å²) in [6, 6.07) is 15.8. The first-order chi connectivity index (χ1) is 12.6. The van der Waals surface area contributed by atoms with E-state index < -0.39 is 17.7 Å². The van der Waals surface area contributed by atoms with Gasteiger partial charge in [0, 0.05) is 17.2 Å². The highest BCUT2D eigenvalue weighted by atomic mass is 16.2. The Morgan fingerprint density at radius 2 is 1.54 bits per heavy atom. The summed E-state index contributed by atoms with van der Waals surface area (Å²) in [4.78, 5) is 35.8. The summed E-state index contributed by atoms with van der Waals surface area (Å²) in [6.45, 7) is 0. The lowest BCUT2D eigenvalue weighted by Gasteiger charge is -2.12. The second-order valence-electron chi connectivity index (χ2n) is 5.86. The molecule has 7 nitrogen and oxygen atoms in total. The molecule has 26 heavy (non-hydrogen) atoms. The van der Waals surface area contributed by atoms with Gasteiger partial charge in [-0.2, -0.15) is 5.26 Å². The molecule has 0 radical (unpaired) electrons. The molecule has 2 aromatic rings. The van der Waals surface area contributed by atoms with Gasteiger partial charge < -0.3 is 5.32 Å². The third kappa shape index (κ3) is 3.87. The Labute approximate surface area is 150 Å². The van der Waals surface area contributed by atoms with Gasteiger partial charge >= 0.3 is 11.8 Å². The monoisotopic (exact) mass is 348 g/mol. The molecule has 0 spiro atoms. The minimum Gasteiger partial charge on any atom is -0.345 e. The predicted octanol–water partition coefficient (Wildman–Crippen LogP) is 1.26. The van der Waals surface area contributed by atoms with Gasteiger partial charge in [-0.15, -0.1) is 0 Å².